The third-order valence-electron chi connectivity index (χ3n) is 11.5. The van der Waals surface area contributed by atoms with Crippen molar-refractivity contribution in [1.82, 2.24) is 0 Å². The zero-order valence-corrected chi connectivity index (χ0v) is 30.5. The molecule has 0 fully saturated rings. The predicted molar refractivity (Wildman–Crippen MR) is 230 cm³/mol. The zero-order chi connectivity index (χ0) is 36.2. The summed E-state index contributed by atoms with van der Waals surface area (Å²) in [5, 5.41) is 4.96. The minimum absolute atomic E-state index is 0.121. The maximum atomic E-state index is 2.50. The van der Waals surface area contributed by atoms with Crippen LogP contribution in [0.15, 0.2) is 200 Å². The number of hydrogen-bond donors (Lipinski definition) is 0. The summed E-state index contributed by atoms with van der Waals surface area (Å²) >= 11 is 0. The predicted octanol–water partition coefficient (Wildman–Crippen LogP) is 14.8. The molecule has 0 unspecified atom stereocenters. The van der Waals surface area contributed by atoms with Gasteiger partial charge in [0.2, 0.25) is 0 Å². The van der Waals surface area contributed by atoms with E-state index in [1.54, 1.807) is 0 Å². The van der Waals surface area contributed by atoms with Crippen molar-refractivity contribution >= 4 is 38.6 Å². The van der Waals surface area contributed by atoms with Gasteiger partial charge >= 0.3 is 0 Å². The third kappa shape index (κ3) is 5.24. The normalized spacial score (nSPS) is 12.8. The number of benzene rings is 9. The van der Waals surface area contributed by atoms with E-state index in [4.69, 9.17) is 0 Å². The van der Waals surface area contributed by atoms with Crippen molar-refractivity contribution in [2.45, 2.75) is 19.3 Å². The first kappa shape index (κ1) is 32.0. The summed E-state index contributed by atoms with van der Waals surface area (Å²) in [6.07, 6.45) is 0. The maximum absolute atomic E-state index is 2.50. The lowest BCUT2D eigenvalue weighted by Gasteiger charge is -2.31. The molecular weight excluding hydrogens is 651 g/mol. The Morgan fingerprint density at radius 3 is 1.80 bits per heavy atom. The van der Waals surface area contributed by atoms with Crippen LogP contribution in [0.1, 0.15) is 25.0 Å². The van der Waals surface area contributed by atoms with Gasteiger partial charge in [-0.1, -0.05) is 178 Å². The van der Waals surface area contributed by atoms with Crippen LogP contribution in [0.25, 0.3) is 66.1 Å². The Kier molecular flexibility index (Phi) is 7.56. The molecule has 10 rings (SSSR count). The van der Waals surface area contributed by atoms with Crippen molar-refractivity contribution in [2.75, 3.05) is 4.90 Å². The molecule has 54 heavy (non-hydrogen) atoms. The molecule has 0 spiro atoms. The van der Waals surface area contributed by atoms with Gasteiger partial charge in [0.05, 0.1) is 11.4 Å². The second kappa shape index (κ2) is 12.8. The van der Waals surface area contributed by atoms with Crippen LogP contribution in [0, 0.1) is 0 Å². The van der Waals surface area contributed by atoms with Gasteiger partial charge in [0.15, 0.2) is 0 Å². The summed E-state index contributed by atoms with van der Waals surface area (Å²) in [5.74, 6) is 0. The minimum Gasteiger partial charge on any atom is -0.309 e. The van der Waals surface area contributed by atoms with Crippen LogP contribution in [0.2, 0.25) is 0 Å². The van der Waals surface area contributed by atoms with E-state index in [0.29, 0.717) is 0 Å². The van der Waals surface area contributed by atoms with Crippen LogP contribution in [0.5, 0.6) is 0 Å². The molecule has 0 N–H and O–H groups in total. The number of nitrogens with zero attached hydrogens (tertiary/aromatic N) is 1. The van der Waals surface area contributed by atoms with Crippen molar-refractivity contribution in [3.63, 3.8) is 0 Å². The fraction of sp³-hybridized carbons (Fsp3) is 0.0566. The van der Waals surface area contributed by atoms with Crippen molar-refractivity contribution in [3.05, 3.63) is 211 Å². The van der Waals surface area contributed by atoms with Crippen molar-refractivity contribution in [1.29, 1.82) is 0 Å². The average molecular weight is 690 g/mol. The molecule has 9 aromatic rings. The van der Waals surface area contributed by atoms with E-state index in [1.807, 2.05) is 0 Å². The molecule has 0 amide bonds. The molecule has 0 aromatic heterocycles. The molecule has 1 heteroatoms. The largest absolute Gasteiger partial charge is 0.309 e. The molecule has 1 aliphatic rings. The Morgan fingerprint density at radius 1 is 0.352 bits per heavy atom. The molecule has 1 nitrogen and oxygen atoms in total. The fourth-order valence-corrected chi connectivity index (χ4v) is 8.73. The summed E-state index contributed by atoms with van der Waals surface area (Å²) in [6.45, 7) is 4.72. The van der Waals surface area contributed by atoms with Gasteiger partial charge in [-0.25, -0.2) is 0 Å². The van der Waals surface area contributed by atoms with Gasteiger partial charge in [-0.15, -0.1) is 0 Å². The highest BCUT2D eigenvalue weighted by Gasteiger charge is 2.38. The van der Waals surface area contributed by atoms with Crippen LogP contribution < -0.4 is 4.90 Å². The Morgan fingerprint density at radius 2 is 0.944 bits per heavy atom. The van der Waals surface area contributed by atoms with Gasteiger partial charge in [0.1, 0.15) is 0 Å². The second-order valence-electron chi connectivity index (χ2n) is 14.9. The maximum Gasteiger partial charge on any atom is 0.0543 e. The van der Waals surface area contributed by atoms with Crippen LogP contribution >= 0.6 is 0 Å². The lowest BCUT2D eigenvalue weighted by molar-refractivity contribution is 0.660. The monoisotopic (exact) mass is 689 g/mol. The molecule has 0 heterocycles. The van der Waals surface area contributed by atoms with Gasteiger partial charge < -0.3 is 4.90 Å². The SMILES string of the molecule is CC1(C)c2ccccc2-c2c(N(c3ccc(-c4ccccc4)cc3)c3ccc(-c4cccc5ccccc45)cc3-c3ccc4ccccc4c3)cccc21. The molecular formula is C53H39N. The van der Waals surface area contributed by atoms with Crippen molar-refractivity contribution in [3.8, 4) is 44.5 Å². The third-order valence-corrected chi connectivity index (χ3v) is 11.5. The number of hydrogen-bond acceptors (Lipinski definition) is 1. The molecule has 0 saturated heterocycles. The number of anilines is 3. The summed E-state index contributed by atoms with van der Waals surface area (Å²) in [6, 6.07) is 73.6. The Labute approximate surface area is 317 Å². The van der Waals surface area contributed by atoms with Gasteiger partial charge in [0.25, 0.3) is 0 Å². The molecule has 0 bridgehead atoms. The lowest BCUT2D eigenvalue weighted by Crippen LogP contribution is -2.16. The Bertz CT molecular complexity index is 2840. The lowest BCUT2D eigenvalue weighted by atomic mass is 9.82. The summed E-state index contributed by atoms with van der Waals surface area (Å²) in [4.78, 5) is 2.50. The van der Waals surface area contributed by atoms with Crippen molar-refractivity contribution in [2.24, 2.45) is 0 Å². The van der Waals surface area contributed by atoms with Gasteiger partial charge in [0, 0.05) is 22.2 Å². The number of rotatable bonds is 6. The van der Waals surface area contributed by atoms with Crippen LogP contribution in [0.3, 0.4) is 0 Å². The molecule has 9 aromatic carbocycles. The summed E-state index contributed by atoms with van der Waals surface area (Å²) in [5.41, 5.74) is 15.8. The van der Waals surface area contributed by atoms with Gasteiger partial charge in [-0.05, 0) is 102 Å². The van der Waals surface area contributed by atoms with E-state index in [1.165, 1.54) is 82.9 Å². The summed E-state index contributed by atoms with van der Waals surface area (Å²) < 4.78 is 0. The Hall–Kier alpha value is -6.70. The van der Waals surface area contributed by atoms with Crippen LogP contribution in [0.4, 0.5) is 17.1 Å². The van der Waals surface area contributed by atoms with E-state index in [-0.39, 0.29) is 5.41 Å². The fourth-order valence-electron chi connectivity index (χ4n) is 8.73. The Balaban J connectivity index is 1.26. The first-order chi connectivity index (χ1) is 26.5. The molecule has 0 radical (unpaired) electrons. The quantitative estimate of drug-likeness (QED) is 0.168. The first-order valence-electron chi connectivity index (χ1n) is 18.8. The topological polar surface area (TPSA) is 3.24 Å². The molecule has 256 valence electrons. The van der Waals surface area contributed by atoms with E-state index < -0.39 is 0 Å². The number of fused-ring (bicyclic) bond motifs is 5. The minimum atomic E-state index is -0.121. The van der Waals surface area contributed by atoms with Gasteiger partial charge in [-0.2, -0.15) is 0 Å². The van der Waals surface area contributed by atoms with E-state index in [9.17, 15) is 0 Å². The van der Waals surface area contributed by atoms with Gasteiger partial charge in [-0.3, -0.25) is 0 Å². The van der Waals surface area contributed by atoms with E-state index >= 15 is 0 Å². The van der Waals surface area contributed by atoms with E-state index in [0.717, 1.165) is 11.4 Å². The van der Waals surface area contributed by atoms with Crippen LogP contribution in [-0.4, -0.2) is 0 Å². The standard InChI is InChI=1S/C53H39N/c1-53(2)48-23-11-10-21-46(48)52-49(53)24-13-25-51(52)54(43-31-28-38(29-32-43)36-14-4-3-5-15-36)50-33-30-42(45-22-12-19-39-17-8-9-20-44(39)45)35-47(50)41-27-26-37-16-6-7-18-40(37)34-41/h3-35H,1-2H3. The molecule has 0 atom stereocenters. The average Bonchev–Trinajstić information content (AvgIpc) is 3.47. The summed E-state index contributed by atoms with van der Waals surface area (Å²) in [7, 11) is 0. The highest BCUT2D eigenvalue weighted by Crippen LogP contribution is 2.55. The van der Waals surface area contributed by atoms with Crippen LogP contribution in [-0.2, 0) is 5.41 Å². The smallest absolute Gasteiger partial charge is 0.0543 e. The first-order valence-corrected chi connectivity index (χ1v) is 18.8. The highest BCUT2D eigenvalue weighted by atomic mass is 15.1. The molecule has 0 saturated carbocycles. The highest BCUT2D eigenvalue weighted by molar-refractivity contribution is 6.02. The molecule has 0 aliphatic heterocycles. The second-order valence-corrected chi connectivity index (χ2v) is 14.9. The molecule has 1 aliphatic carbocycles. The van der Waals surface area contributed by atoms with E-state index in [2.05, 4.69) is 219 Å². The zero-order valence-electron chi connectivity index (χ0n) is 30.5. The van der Waals surface area contributed by atoms with Crippen molar-refractivity contribution < 1.29 is 0 Å².